The molecule has 0 aliphatic carbocycles. The monoisotopic (exact) mass is 225 g/mol. The number of nitrogens with one attached hydrogen (secondary N) is 1. The second kappa shape index (κ2) is 4.31. The quantitative estimate of drug-likeness (QED) is 0.587. The molecule has 7 heteroatoms. The van der Waals surface area contributed by atoms with E-state index in [2.05, 4.69) is 10.3 Å². The standard InChI is InChI=1S/C9H11N3O4/c1-15-8-3-2-7(12(13)14)9(11-8)16-6-4-10-5-6/h2-3,6,10H,4-5H2,1H3. The maximum atomic E-state index is 10.7. The molecule has 1 aromatic rings. The van der Waals surface area contributed by atoms with Gasteiger partial charge in [0.1, 0.15) is 6.10 Å². The highest BCUT2D eigenvalue weighted by molar-refractivity contribution is 5.43. The molecule has 86 valence electrons. The highest BCUT2D eigenvalue weighted by Crippen LogP contribution is 2.28. The molecule has 1 aromatic heterocycles. The van der Waals surface area contributed by atoms with Crippen molar-refractivity contribution in [2.24, 2.45) is 0 Å². The number of hydrogen-bond donors (Lipinski definition) is 1. The first-order valence-electron chi connectivity index (χ1n) is 4.77. The topological polar surface area (TPSA) is 86.5 Å². The summed E-state index contributed by atoms with van der Waals surface area (Å²) in [7, 11) is 1.45. The fraction of sp³-hybridized carbons (Fsp3) is 0.444. The van der Waals surface area contributed by atoms with E-state index in [4.69, 9.17) is 9.47 Å². The van der Waals surface area contributed by atoms with Gasteiger partial charge in [0.2, 0.25) is 5.88 Å². The van der Waals surface area contributed by atoms with E-state index in [1.807, 2.05) is 0 Å². The van der Waals surface area contributed by atoms with E-state index in [-0.39, 0.29) is 17.7 Å². The summed E-state index contributed by atoms with van der Waals surface area (Å²) in [6.45, 7) is 1.35. The zero-order chi connectivity index (χ0) is 11.5. The minimum Gasteiger partial charge on any atom is -0.481 e. The van der Waals surface area contributed by atoms with E-state index in [1.165, 1.54) is 19.2 Å². The van der Waals surface area contributed by atoms with Gasteiger partial charge >= 0.3 is 5.69 Å². The van der Waals surface area contributed by atoms with Crippen molar-refractivity contribution < 1.29 is 14.4 Å². The van der Waals surface area contributed by atoms with Crippen molar-refractivity contribution in [3.05, 3.63) is 22.2 Å². The lowest BCUT2D eigenvalue weighted by atomic mass is 10.2. The molecule has 1 N–H and O–H groups in total. The predicted molar refractivity (Wildman–Crippen MR) is 54.7 cm³/mol. The molecule has 0 amide bonds. The van der Waals surface area contributed by atoms with E-state index in [9.17, 15) is 10.1 Å². The van der Waals surface area contributed by atoms with E-state index >= 15 is 0 Å². The molecule has 0 atom stereocenters. The lowest BCUT2D eigenvalue weighted by Gasteiger charge is -2.26. The van der Waals surface area contributed by atoms with Gasteiger partial charge in [0.15, 0.2) is 0 Å². The second-order valence-corrected chi connectivity index (χ2v) is 3.33. The Morgan fingerprint density at radius 1 is 1.56 bits per heavy atom. The molecule has 1 aliphatic heterocycles. The van der Waals surface area contributed by atoms with Crippen LogP contribution in [0.5, 0.6) is 11.8 Å². The molecule has 0 aromatic carbocycles. The van der Waals surface area contributed by atoms with E-state index in [0.717, 1.165) is 0 Å². The van der Waals surface area contributed by atoms with Crippen LogP contribution in [0.25, 0.3) is 0 Å². The summed E-state index contributed by atoms with van der Waals surface area (Å²) in [5.41, 5.74) is -0.146. The molecular formula is C9H11N3O4. The summed E-state index contributed by atoms with van der Waals surface area (Å²) in [5.74, 6) is 0.309. The van der Waals surface area contributed by atoms with Crippen LogP contribution in [-0.2, 0) is 0 Å². The third-order valence-electron chi connectivity index (χ3n) is 2.24. The van der Waals surface area contributed by atoms with Gasteiger partial charge in [-0.05, 0) is 0 Å². The Labute approximate surface area is 91.5 Å². The smallest absolute Gasteiger partial charge is 0.331 e. The van der Waals surface area contributed by atoms with Crippen LogP contribution < -0.4 is 14.8 Å². The van der Waals surface area contributed by atoms with Crippen LogP contribution in [-0.4, -0.2) is 36.2 Å². The number of rotatable bonds is 4. The minimum absolute atomic E-state index is 0.0100. The number of ether oxygens (including phenoxy) is 2. The van der Waals surface area contributed by atoms with E-state index < -0.39 is 4.92 Å². The zero-order valence-electron chi connectivity index (χ0n) is 8.67. The third-order valence-corrected chi connectivity index (χ3v) is 2.24. The lowest BCUT2D eigenvalue weighted by Crippen LogP contribution is -2.50. The normalized spacial score (nSPS) is 15.3. The third kappa shape index (κ3) is 2.03. The van der Waals surface area contributed by atoms with Crippen LogP contribution in [0, 0.1) is 10.1 Å². The molecule has 0 radical (unpaired) electrons. The Bertz CT molecular complexity index is 406. The van der Waals surface area contributed by atoms with Crippen molar-refractivity contribution in [2.75, 3.05) is 20.2 Å². The van der Waals surface area contributed by atoms with Crippen molar-refractivity contribution in [3.8, 4) is 11.8 Å². The zero-order valence-corrected chi connectivity index (χ0v) is 8.67. The molecule has 1 fully saturated rings. The number of aromatic nitrogens is 1. The number of nitro groups is 1. The Hall–Kier alpha value is -1.89. The van der Waals surface area contributed by atoms with Gasteiger partial charge in [-0.15, -0.1) is 0 Å². The number of methoxy groups -OCH3 is 1. The van der Waals surface area contributed by atoms with Gasteiger partial charge in [-0.2, -0.15) is 4.98 Å². The van der Waals surface area contributed by atoms with E-state index in [0.29, 0.717) is 19.0 Å². The molecular weight excluding hydrogens is 214 g/mol. The summed E-state index contributed by atoms with van der Waals surface area (Å²) >= 11 is 0. The number of pyridine rings is 1. The summed E-state index contributed by atoms with van der Waals surface area (Å²) in [6.07, 6.45) is -0.0571. The summed E-state index contributed by atoms with van der Waals surface area (Å²) in [5, 5.41) is 13.7. The van der Waals surface area contributed by atoms with Crippen LogP contribution in [0.15, 0.2) is 12.1 Å². The van der Waals surface area contributed by atoms with Gasteiger partial charge in [-0.3, -0.25) is 10.1 Å². The Balaban J connectivity index is 2.25. The van der Waals surface area contributed by atoms with Crippen molar-refractivity contribution in [1.82, 2.24) is 10.3 Å². The maximum Gasteiger partial charge on any atom is 0.331 e. The van der Waals surface area contributed by atoms with Crippen molar-refractivity contribution >= 4 is 5.69 Å². The highest BCUT2D eigenvalue weighted by Gasteiger charge is 2.25. The van der Waals surface area contributed by atoms with Crippen molar-refractivity contribution in [1.29, 1.82) is 0 Å². The number of nitrogens with zero attached hydrogens (tertiary/aromatic N) is 2. The van der Waals surface area contributed by atoms with Crippen LogP contribution in [0.4, 0.5) is 5.69 Å². The average Bonchev–Trinajstić information content (AvgIpc) is 2.22. The van der Waals surface area contributed by atoms with Gasteiger partial charge in [0.05, 0.1) is 12.0 Å². The highest BCUT2D eigenvalue weighted by atomic mass is 16.6. The van der Waals surface area contributed by atoms with Gasteiger partial charge in [-0.25, -0.2) is 0 Å². The fourth-order valence-electron chi connectivity index (χ4n) is 1.26. The Kier molecular flexibility index (Phi) is 2.86. The summed E-state index contributed by atoms with van der Waals surface area (Å²) in [6, 6.07) is 2.76. The van der Waals surface area contributed by atoms with Crippen LogP contribution in [0.2, 0.25) is 0 Å². The molecule has 2 rings (SSSR count). The molecule has 7 nitrogen and oxygen atoms in total. The first-order valence-corrected chi connectivity index (χ1v) is 4.77. The van der Waals surface area contributed by atoms with Gasteiger partial charge in [0, 0.05) is 25.2 Å². The largest absolute Gasteiger partial charge is 0.481 e. The Morgan fingerprint density at radius 3 is 2.81 bits per heavy atom. The van der Waals surface area contributed by atoms with Gasteiger partial charge in [0.25, 0.3) is 5.88 Å². The molecule has 16 heavy (non-hydrogen) atoms. The van der Waals surface area contributed by atoms with E-state index in [1.54, 1.807) is 0 Å². The van der Waals surface area contributed by atoms with Crippen LogP contribution in [0.1, 0.15) is 0 Å². The van der Waals surface area contributed by atoms with Gasteiger partial charge in [-0.1, -0.05) is 0 Å². The molecule has 0 unspecified atom stereocenters. The number of hydrogen-bond acceptors (Lipinski definition) is 6. The maximum absolute atomic E-state index is 10.7. The minimum atomic E-state index is -0.520. The molecule has 1 aliphatic rings. The summed E-state index contributed by atoms with van der Waals surface area (Å²) in [4.78, 5) is 14.1. The van der Waals surface area contributed by atoms with Gasteiger partial charge < -0.3 is 14.8 Å². The molecule has 0 spiro atoms. The molecule has 2 heterocycles. The van der Waals surface area contributed by atoms with Crippen LogP contribution in [0.3, 0.4) is 0 Å². The SMILES string of the molecule is COc1ccc([N+](=O)[O-])c(OC2CNC2)n1. The fourth-order valence-corrected chi connectivity index (χ4v) is 1.26. The predicted octanol–water partition coefficient (Wildman–Crippen LogP) is 0.349. The first kappa shape index (κ1) is 10.6. The lowest BCUT2D eigenvalue weighted by molar-refractivity contribution is -0.386. The van der Waals surface area contributed by atoms with Crippen LogP contribution >= 0.6 is 0 Å². The van der Waals surface area contributed by atoms with Crippen molar-refractivity contribution in [3.63, 3.8) is 0 Å². The molecule has 0 saturated carbocycles. The Morgan fingerprint density at radius 2 is 2.31 bits per heavy atom. The molecule has 0 bridgehead atoms. The second-order valence-electron chi connectivity index (χ2n) is 3.33. The van der Waals surface area contributed by atoms with Crippen molar-refractivity contribution in [2.45, 2.75) is 6.10 Å². The first-order chi connectivity index (χ1) is 7.70. The molecule has 1 saturated heterocycles. The average molecular weight is 225 g/mol. The summed E-state index contributed by atoms with van der Waals surface area (Å²) < 4.78 is 10.3.